The van der Waals surface area contributed by atoms with Crippen LogP contribution in [0.3, 0.4) is 0 Å². The Balaban J connectivity index is 2.29. The lowest BCUT2D eigenvalue weighted by Crippen LogP contribution is -2.37. The van der Waals surface area contributed by atoms with Gasteiger partial charge < -0.3 is 17.5 Å². The maximum absolute atomic E-state index is 15.0. The van der Waals surface area contributed by atoms with Crippen molar-refractivity contribution >= 4 is 34.0 Å². The Labute approximate surface area is 164 Å². The molecule has 2 nitrogen and oxygen atoms in total. The number of benzene rings is 2. The first-order chi connectivity index (χ1) is 12.4. The highest BCUT2D eigenvalue weighted by molar-refractivity contribution is 7.65. The molecule has 0 bridgehead atoms. The molecule has 0 aliphatic rings. The molecule has 2 aromatic rings. The van der Waals surface area contributed by atoms with Gasteiger partial charge in [0.15, 0.2) is 0 Å². The Morgan fingerprint density at radius 1 is 0.630 bits per heavy atom. The van der Waals surface area contributed by atoms with Crippen molar-refractivity contribution < 1.29 is 17.5 Å². The normalized spacial score (nSPS) is 15.4. The van der Waals surface area contributed by atoms with E-state index in [0.717, 1.165) is 10.6 Å². The van der Waals surface area contributed by atoms with E-state index in [1.807, 2.05) is 102 Å². The first kappa shape index (κ1) is 22.4. The molecule has 148 valence electrons. The second-order valence-corrected chi connectivity index (χ2v) is 13.7. The minimum Gasteiger partial charge on any atom is -0.486 e. The van der Waals surface area contributed by atoms with E-state index in [1.54, 1.807) is 0 Å². The van der Waals surface area contributed by atoms with Gasteiger partial charge >= 0.3 is 7.11 Å². The second kappa shape index (κ2) is 8.66. The Hall–Kier alpha value is -0.855. The summed E-state index contributed by atoms with van der Waals surface area (Å²) in [7, 11) is -7.55. The fourth-order valence-electron chi connectivity index (χ4n) is 2.60. The average Bonchev–Trinajstić information content (AvgIpc) is 2.57. The largest absolute Gasteiger partial charge is 0.608 e. The SMILES string of the molecule is CC(C)(C)P(O[B-](F)(F)OP(c1ccccc1)C(C)(C)C)c1ccccc1. The first-order valence-electron chi connectivity index (χ1n) is 8.99. The van der Waals surface area contributed by atoms with E-state index >= 15 is 8.63 Å². The van der Waals surface area contributed by atoms with Crippen LogP contribution in [0, 0.1) is 0 Å². The fourth-order valence-corrected chi connectivity index (χ4v) is 6.56. The van der Waals surface area contributed by atoms with Crippen molar-refractivity contribution in [3.8, 4) is 0 Å². The number of hydrogen-bond acceptors (Lipinski definition) is 2. The van der Waals surface area contributed by atoms with Gasteiger partial charge in [-0.2, -0.15) is 0 Å². The van der Waals surface area contributed by atoms with Crippen LogP contribution in [0.4, 0.5) is 8.63 Å². The van der Waals surface area contributed by atoms with Crippen molar-refractivity contribution in [1.29, 1.82) is 0 Å². The molecular formula is C20H28BF2O2P2-. The molecule has 2 unspecified atom stereocenters. The van der Waals surface area contributed by atoms with Gasteiger partial charge in [-0.25, -0.2) is 0 Å². The van der Waals surface area contributed by atoms with Crippen molar-refractivity contribution in [1.82, 2.24) is 0 Å². The van der Waals surface area contributed by atoms with Crippen molar-refractivity contribution in [2.75, 3.05) is 0 Å². The lowest BCUT2D eigenvalue weighted by molar-refractivity contribution is 0.265. The van der Waals surface area contributed by atoms with Crippen LogP contribution in [0.5, 0.6) is 0 Å². The summed E-state index contributed by atoms with van der Waals surface area (Å²) in [5, 5.41) is 0.681. The summed E-state index contributed by atoms with van der Waals surface area (Å²) in [4.78, 5) is 0. The van der Waals surface area contributed by atoms with Crippen molar-refractivity contribution in [3.63, 3.8) is 0 Å². The van der Waals surface area contributed by atoms with Crippen LogP contribution < -0.4 is 10.6 Å². The molecular weight excluding hydrogens is 383 g/mol. The van der Waals surface area contributed by atoms with Gasteiger partial charge in [0, 0.05) is 26.6 Å². The van der Waals surface area contributed by atoms with Crippen LogP contribution in [0.15, 0.2) is 60.7 Å². The van der Waals surface area contributed by atoms with Crippen LogP contribution in [0.25, 0.3) is 0 Å². The minimum atomic E-state index is -4.43. The molecule has 0 spiro atoms. The molecule has 0 saturated heterocycles. The number of halogens is 2. The zero-order valence-corrected chi connectivity index (χ0v) is 18.6. The molecule has 2 aromatic carbocycles. The second-order valence-electron chi connectivity index (χ2n) is 8.35. The summed E-state index contributed by atoms with van der Waals surface area (Å²) in [6, 6.07) is 18.5. The van der Waals surface area contributed by atoms with Crippen molar-refractivity contribution in [3.05, 3.63) is 60.7 Å². The Morgan fingerprint density at radius 2 is 0.926 bits per heavy atom. The van der Waals surface area contributed by atoms with Gasteiger partial charge in [-0.15, -0.1) is 0 Å². The molecule has 27 heavy (non-hydrogen) atoms. The fraction of sp³-hybridized carbons (Fsp3) is 0.400. The maximum Gasteiger partial charge on any atom is 0.608 e. The molecule has 2 atom stereocenters. The lowest BCUT2D eigenvalue weighted by Gasteiger charge is -2.43. The van der Waals surface area contributed by atoms with Crippen LogP contribution in [0.1, 0.15) is 41.5 Å². The van der Waals surface area contributed by atoms with Gasteiger partial charge in [-0.1, -0.05) is 102 Å². The zero-order valence-electron chi connectivity index (χ0n) is 16.8. The van der Waals surface area contributed by atoms with Gasteiger partial charge in [0.1, 0.15) is 0 Å². The summed E-state index contributed by atoms with van der Waals surface area (Å²) in [6.45, 7) is 11.5. The standard InChI is InChI=1S/C20H28BF2O2P2/c1-19(2,3)26(17-13-9-7-10-14-17)24-21(22,23)25-27(20(4,5)6)18-15-11-8-12-16-18/h7-16H,1-6H3/q-1. The predicted octanol–water partition coefficient (Wildman–Crippen LogP) is 6.44. The molecule has 7 heteroatoms. The van der Waals surface area contributed by atoms with E-state index in [-0.39, 0.29) is 0 Å². The summed E-state index contributed by atoms with van der Waals surface area (Å²) < 4.78 is 40.9. The molecule has 0 N–H and O–H groups in total. The lowest BCUT2D eigenvalue weighted by atomic mass is 10.2. The summed E-state index contributed by atoms with van der Waals surface area (Å²) in [5.74, 6) is 0. The van der Waals surface area contributed by atoms with E-state index < -0.39 is 33.7 Å². The number of rotatable bonds is 6. The topological polar surface area (TPSA) is 18.5 Å². The Bertz CT molecular complexity index is 655. The van der Waals surface area contributed by atoms with Crippen LogP contribution >= 0.6 is 16.3 Å². The predicted molar refractivity (Wildman–Crippen MR) is 116 cm³/mol. The highest BCUT2D eigenvalue weighted by atomic mass is 31.1. The molecule has 0 fully saturated rings. The smallest absolute Gasteiger partial charge is 0.486 e. The summed E-state index contributed by atoms with van der Waals surface area (Å²) in [6.07, 6.45) is 0. The minimum absolute atomic E-state index is 0.442. The quantitative estimate of drug-likeness (QED) is 0.403. The van der Waals surface area contributed by atoms with Crippen LogP contribution in [0.2, 0.25) is 0 Å². The Kier molecular flexibility index (Phi) is 7.19. The van der Waals surface area contributed by atoms with E-state index in [0.29, 0.717) is 0 Å². The van der Waals surface area contributed by atoms with Crippen molar-refractivity contribution in [2.24, 2.45) is 0 Å². The highest BCUT2D eigenvalue weighted by Crippen LogP contribution is 2.57. The molecule has 0 saturated carbocycles. The highest BCUT2D eigenvalue weighted by Gasteiger charge is 2.41. The molecule has 0 heterocycles. The third kappa shape index (κ3) is 6.61. The number of hydrogen-bond donors (Lipinski definition) is 0. The molecule has 0 aromatic heterocycles. The third-order valence-corrected chi connectivity index (χ3v) is 8.54. The average molecular weight is 411 g/mol. The van der Waals surface area contributed by atoms with Crippen molar-refractivity contribution in [2.45, 2.75) is 51.9 Å². The van der Waals surface area contributed by atoms with Gasteiger partial charge in [0.05, 0.1) is 0 Å². The molecule has 0 amide bonds. The molecule has 0 aliphatic heterocycles. The monoisotopic (exact) mass is 411 g/mol. The molecule has 0 aliphatic carbocycles. The molecule has 0 radical (unpaired) electrons. The van der Waals surface area contributed by atoms with Gasteiger partial charge in [-0.3, -0.25) is 0 Å². The van der Waals surface area contributed by atoms with E-state index in [2.05, 4.69) is 0 Å². The zero-order chi connectivity index (χ0) is 20.3. The van der Waals surface area contributed by atoms with Gasteiger partial charge in [0.25, 0.3) is 0 Å². The Morgan fingerprint density at radius 3 is 1.19 bits per heavy atom. The maximum atomic E-state index is 15.0. The third-order valence-electron chi connectivity index (χ3n) is 3.66. The van der Waals surface area contributed by atoms with Crippen LogP contribution in [-0.2, 0) is 8.88 Å². The first-order valence-corrected chi connectivity index (χ1v) is 11.5. The van der Waals surface area contributed by atoms with E-state index in [9.17, 15) is 0 Å². The van der Waals surface area contributed by atoms with Gasteiger partial charge in [-0.05, 0) is 10.6 Å². The summed E-state index contributed by atoms with van der Waals surface area (Å²) >= 11 is 0. The van der Waals surface area contributed by atoms with E-state index in [4.69, 9.17) is 8.88 Å². The van der Waals surface area contributed by atoms with Gasteiger partial charge in [0.2, 0.25) is 0 Å². The van der Waals surface area contributed by atoms with Crippen LogP contribution in [-0.4, -0.2) is 17.4 Å². The molecule has 2 rings (SSSR count). The van der Waals surface area contributed by atoms with E-state index in [1.165, 1.54) is 0 Å². The summed E-state index contributed by atoms with van der Waals surface area (Å²) in [5.41, 5.74) is 0.